The van der Waals surface area contributed by atoms with Crippen LogP contribution >= 0.6 is 0 Å². The number of hydrogen-bond acceptors (Lipinski definition) is 4. The van der Waals surface area contributed by atoms with E-state index in [0.29, 0.717) is 12.3 Å². The van der Waals surface area contributed by atoms with Crippen LogP contribution in [0.15, 0.2) is 30.3 Å². The van der Waals surface area contributed by atoms with Crippen LogP contribution in [0.1, 0.15) is 17.4 Å². The van der Waals surface area contributed by atoms with Crippen LogP contribution in [0, 0.1) is 0 Å². The highest BCUT2D eigenvalue weighted by atomic mass is 16.5. The van der Waals surface area contributed by atoms with Crippen molar-refractivity contribution in [1.82, 2.24) is 20.2 Å². The number of carbonyl (C=O) groups excluding carboxylic acids is 1. The smallest absolute Gasteiger partial charge is 0.337 e. The van der Waals surface area contributed by atoms with Crippen LogP contribution < -0.4 is 10.1 Å². The molecule has 0 aliphatic carbocycles. The first-order valence-corrected chi connectivity index (χ1v) is 6.20. The predicted octanol–water partition coefficient (Wildman–Crippen LogP) is 1.94. The number of H-pyrrole nitrogens is 2. The normalized spacial score (nSPS) is 10.7. The molecule has 20 heavy (non-hydrogen) atoms. The number of hydrogen-bond donors (Lipinski definition) is 3. The van der Waals surface area contributed by atoms with E-state index < -0.39 is 0 Å². The molecule has 7 heteroatoms. The van der Waals surface area contributed by atoms with Gasteiger partial charge in [0.15, 0.2) is 0 Å². The lowest BCUT2D eigenvalue weighted by Crippen LogP contribution is -2.13. The molecule has 3 rings (SSSR count). The molecule has 0 aliphatic heterocycles. The maximum atomic E-state index is 12.1. The van der Waals surface area contributed by atoms with E-state index in [9.17, 15) is 4.79 Å². The van der Waals surface area contributed by atoms with Gasteiger partial charge >= 0.3 is 6.01 Å². The number of para-hydroxylation sites is 1. The molecule has 1 amide bonds. The standard InChI is InChI=1S/C13H13N5O2/c1-2-20-13-16-12(17-18-13)15-11(19)10-7-8-5-3-4-6-9(8)14-10/h3-7,14H,2H2,1H3,(H2,15,16,17,18,19). The molecule has 0 saturated carbocycles. The number of nitrogens with zero attached hydrogens (tertiary/aromatic N) is 2. The van der Waals surface area contributed by atoms with E-state index in [4.69, 9.17) is 4.74 Å². The summed E-state index contributed by atoms with van der Waals surface area (Å²) in [5.41, 5.74) is 1.37. The average Bonchev–Trinajstić information content (AvgIpc) is 3.05. The third-order valence-corrected chi connectivity index (χ3v) is 2.74. The van der Waals surface area contributed by atoms with Gasteiger partial charge in [-0.05, 0) is 19.1 Å². The van der Waals surface area contributed by atoms with E-state index in [-0.39, 0.29) is 17.9 Å². The van der Waals surface area contributed by atoms with Gasteiger partial charge in [-0.2, -0.15) is 4.98 Å². The maximum Gasteiger partial charge on any atom is 0.337 e. The van der Waals surface area contributed by atoms with E-state index in [1.165, 1.54) is 0 Å². The minimum absolute atomic E-state index is 0.208. The topological polar surface area (TPSA) is 95.7 Å². The number of amides is 1. The Morgan fingerprint density at radius 1 is 1.40 bits per heavy atom. The molecular formula is C13H13N5O2. The Morgan fingerprint density at radius 2 is 2.25 bits per heavy atom. The quantitative estimate of drug-likeness (QED) is 0.675. The third kappa shape index (κ3) is 2.33. The third-order valence-electron chi connectivity index (χ3n) is 2.74. The number of rotatable bonds is 4. The molecule has 7 nitrogen and oxygen atoms in total. The second kappa shape index (κ2) is 5.04. The number of fused-ring (bicyclic) bond motifs is 1. The van der Waals surface area contributed by atoms with Crippen molar-refractivity contribution in [1.29, 1.82) is 0 Å². The Bertz CT molecular complexity index is 713. The molecule has 0 saturated heterocycles. The molecule has 3 N–H and O–H groups in total. The fourth-order valence-electron chi connectivity index (χ4n) is 1.87. The van der Waals surface area contributed by atoms with E-state index >= 15 is 0 Å². The first-order chi connectivity index (χ1) is 9.76. The van der Waals surface area contributed by atoms with Crippen LogP contribution in [0.25, 0.3) is 10.9 Å². The van der Waals surface area contributed by atoms with Crippen molar-refractivity contribution >= 4 is 22.8 Å². The molecule has 2 aromatic heterocycles. The Labute approximate surface area is 114 Å². The van der Waals surface area contributed by atoms with Gasteiger partial charge in [0.05, 0.1) is 6.61 Å². The van der Waals surface area contributed by atoms with Gasteiger partial charge in [-0.25, -0.2) is 5.10 Å². The average molecular weight is 271 g/mol. The van der Waals surface area contributed by atoms with Gasteiger partial charge in [0.1, 0.15) is 5.69 Å². The number of ether oxygens (including phenoxy) is 1. The molecule has 1 aromatic carbocycles. The van der Waals surface area contributed by atoms with Gasteiger partial charge in [-0.1, -0.05) is 18.2 Å². The summed E-state index contributed by atoms with van der Waals surface area (Å²) >= 11 is 0. The molecular weight excluding hydrogens is 258 g/mol. The zero-order valence-corrected chi connectivity index (χ0v) is 10.8. The van der Waals surface area contributed by atoms with Crippen molar-refractivity contribution in [3.8, 4) is 6.01 Å². The molecule has 3 aromatic rings. The largest absolute Gasteiger partial charge is 0.463 e. The van der Waals surface area contributed by atoms with Gasteiger partial charge in [0, 0.05) is 10.9 Å². The van der Waals surface area contributed by atoms with Gasteiger partial charge in [0.2, 0.25) is 5.95 Å². The first kappa shape index (κ1) is 12.2. The molecule has 0 radical (unpaired) electrons. The summed E-state index contributed by atoms with van der Waals surface area (Å²) in [5, 5.41) is 10.0. The Morgan fingerprint density at radius 3 is 3.05 bits per heavy atom. The number of aromatic nitrogens is 4. The number of carbonyl (C=O) groups is 1. The molecule has 102 valence electrons. The summed E-state index contributed by atoms with van der Waals surface area (Å²) in [6, 6.07) is 9.66. The molecule has 0 fully saturated rings. The monoisotopic (exact) mass is 271 g/mol. The molecule has 0 atom stereocenters. The van der Waals surface area contributed by atoms with Crippen LogP contribution in [0.2, 0.25) is 0 Å². The van der Waals surface area contributed by atoms with Crippen LogP contribution in [0.4, 0.5) is 5.95 Å². The second-order valence-corrected chi connectivity index (χ2v) is 4.12. The van der Waals surface area contributed by atoms with Crippen molar-refractivity contribution in [2.45, 2.75) is 6.92 Å². The van der Waals surface area contributed by atoms with Crippen LogP contribution in [0.5, 0.6) is 6.01 Å². The van der Waals surface area contributed by atoms with E-state index in [0.717, 1.165) is 10.9 Å². The predicted molar refractivity (Wildman–Crippen MR) is 73.8 cm³/mol. The number of anilines is 1. The summed E-state index contributed by atoms with van der Waals surface area (Å²) in [6.07, 6.45) is 0. The summed E-state index contributed by atoms with van der Waals surface area (Å²) < 4.78 is 5.11. The highest BCUT2D eigenvalue weighted by Crippen LogP contribution is 2.15. The number of benzene rings is 1. The maximum absolute atomic E-state index is 12.1. The summed E-state index contributed by atoms with van der Waals surface area (Å²) in [6.45, 7) is 2.30. The fraction of sp³-hybridized carbons (Fsp3) is 0.154. The summed E-state index contributed by atoms with van der Waals surface area (Å²) in [4.78, 5) is 19.1. The molecule has 0 spiro atoms. The number of aromatic amines is 2. The van der Waals surface area contributed by atoms with Gasteiger partial charge in [-0.3, -0.25) is 10.1 Å². The Kier molecular flexibility index (Phi) is 3.08. The van der Waals surface area contributed by atoms with Crippen molar-refractivity contribution in [3.63, 3.8) is 0 Å². The van der Waals surface area contributed by atoms with Crippen LogP contribution in [-0.2, 0) is 0 Å². The Hall–Kier alpha value is -2.83. The lowest BCUT2D eigenvalue weighted by atomic mass is 10.2. The zero-order chi connectivity index (χ0) is 13.9. The van der Waals surface area contributed by atoms with E-state index in [1.807, 2.05) is 31.2 Å². The summed E-state index contributed by atoms with van der Waals surface area (Å²) in [7, 11) is 0. The molecule has 0 unspecified atom stereocenters. The lowest BCUT2D eigenvalue weighted by molar-refractivity contribution is 0.102. The van der Waals surface area contributed by atoms with E-state index in [1.54, 1.807) is 6.07 Å². The van der Waals surface area contributed by atoms with Crippen LogP contribution in [0.3, 0.4) is 0 Å². The van der Waals surface area contributed by atoms with Crippen molar-refractivity contribution in [2.75, 3.05) is 11.9 Å². The SMILES string of the molecule is CCOc1n[nH]c(NC(=O)c2cc3ccccc3[nH]2)n1. The van der Waals surface area contributed by atoms with Gasteiger partial charge in [-0.15, -0.1) is 5.10 Å². The minimum atomic E-state index is -0.291. The minimum Gasteiger partial charge on any atom is -0.463 e. The second-order valence-electron chi connectivity index (χ2n) is 4.12. The molecule has 0 bridgehead atoms. The van der Waals surface area contributed by atoms with Gasteiger partial charge < -0.3 is 9.72 Å². The Balaban J connectivity index is 1.77. The highest BCUT2D eigenvalue weighted by Gasteiger charge is 2.12. The zero-order valence-electron chi connectivity index (χ0n) is 10.8. The first-order valence-electron chi connectivity index (χ1n) is 6.20. The molecule has 0 aliphatic rings. The van der Waals surface area contributed by atoms with Crippen molar-refractivity contribution < 1.29 is 9.53 Å². The number of nitrogens with one attached hydrogen (secondary N) is 3. The fourth-order valence-corrected chi connectivity index (χ4v) is 1.87. The van der Waals surface area contributed by atoms with Crippen molar-refractivity contribution in [2.24, 2.45) is 0 Å². The molecule has 2 heterocycles. The van der Waals surface area contributed by atoms with Crippen molar-refractivity contribution in [3.05, 3.63) is 36.0 Å². The van der Waals surface area contributed by atoms with Crippen LogP contribution in [-0.4, -0.2) is 32.7 Å². The summed E-state index contributed by atoms with van der Waals surface area (Å²) in [5.74, 6) is -0.0440. The van der Waals surface area contributed by atoms with E-state index in [2.05, 4.69) is 25.5 Å². The lowest BCUT2D eigenvalue weighted by Gasteiger charge is -1.97. The highest BCUT2D eigenvalue weighted by molar-refractivity contribution is 6.05. The van der Waals surface area contributed by atoms with Gasteiger partial charge in [0.25, 0.3) is 5.91 Å².